The van der Waals surface area contributed by atoms with E-state index in [1.807, 2.05) is 31.2 Å². The van der Waals surface area contributed by atoms with E-state index >= 15 is 0 Å². The summed E-state index contributed by atoms with van der Waals surface area (Å²) in [4.78, 5) is 23.6. The van der Waals surface area contributed by atoms with Gasteiger partial charge in [0.15, 0.2) is 0 Å². The quantitative estimate of drug-likeness (QED) is 0.798. The Bertz CT molecular complexity index is 748. The van der Waals surface area contributed by atoms with E-state index in [2.05, 4.69) is 10.6 Å². The monoisotopic (exact) mass is 332 g/mol. The average Bonchev–Trinajstić information content (AvgIpc) is 2.51. The lowest BCUT2D eigenvalue weighted by atomic mass is 10.1. The summed E-state index contributed by atoms with van der Waals surface area (Å²) in [5.74, 6) is -2.48. The number of amides is 2. The molecule has 24 heavy (non-hydrogen) atoms. The number of halogens is 2. The molecule has 2 N–H and O–H groups in total. The molecule has 0 heterocycles. The Morgan fingerprint density at radius 1 is 1.00 bits per heavy atom. The van der Waals surface area contributed by atoms with Crippen molar-refractivity contribution < 1.29 is 18.4 Å². The van der Waals surface area contributed by atoms with E-state index in [0.29, 0.717) is 6.07 Å². The lowest BCUT2D eigenvalue weighted by molar-refractivity contribution is -0.120. The minimum atomic E-state index is -0.920. The van der Waals surface area contributed by atoms with Crippen LogP contribution in [0.5, 0.6) is 0 Å². The molecule has 0 radical (unpaired) electrons. The van der Waals surface area contributed by atoms with Crippen LogP contribution in [0.3, 0.4) is 0 Å². The lowest BCUT2D eigenvalue weighted by Crippen LogP contribution is -2.35. The van der Waals surface area contributed by atoms with E-state index in [4.69, 9.17) is 0 Å². The normalized spacial score (nSPS) is 10.3. The molecule has 2 aromatic rings. The van der Waals surface area contributed by atoms with E-state index in [-0.39, 0.29) is 31.0 Å². The van der Waals surface area contributed by atoms with Crippen LogP contribution in [0.4, 0.5) is 8.78 Å². The molecule has 2 amide bonds. The van der Waals surface area contributed by atoms with Crippen LogP contribution in [-0.2, 0) is 11.2 Å². The van der Waals surface area contributed by atoms with E-state index in [9.17, 15) is 18.4 Å². The molecule has 0 saturated carbocycles. The average molecular weight is 332 g/mol. The first-order valence-corrected chi connectivity index (χ1v) is 7.51. The minimum absolute atomic E-state index is 0.148. The molecule has 2 rings (SSSR count). The molecular formula is C18H18F2N2O2. The second kappa shape index (κ2) is 8.19. The summed E-state index contributed by atoms with van der Waals surface area (Å²) in [6.07, 6.45) is 0.252. The zero-order chi connectivity index (χ0) is 17.5. The third-order valence-electron chi connectivity index (χ3n) is 3.36. The van der Waals surface area contributed by atoms with Gasteiger partial charge in [-0.3, -0.25) is 9.59 Å². The highest BCUT2D eigenvalue weighted by Gasteiger charge is 2.12. The Balaban J connectivity index is 1.74. The van der Waals surface area contributed by atoms with Gasteiger partial charge in [-0.25, -0.2) is 8.78 Å². The van der Waals surface area contributed by atoms with Crippen molar-refractivity contribution in [3.8, 4) is 0 Å². The molecule has 0 aliphatic rings. The summed E-state index contributed by atoms with van der Waals surface area (Å²) in [6.45, 7) is 2.32. The Morgan fingerprint density at radius 3 is 2.46 bits per heavy atom. The first kappa shape index (κ1) is 17.6. The molecule has 0 aromatic heterocycles. The minimum Gasteiger partial charge on any atom is -0.354 e. The SMILES string of the molecule is Cc1cccc(CC(=O)NCCNC(=O)c2ccc(F)cc2F)c1. The summed E-state index contributed by atoms with van der Waals surface area (Å²) >= 11 is 0. The van der Waals surface area contributed by atoms with Gasteiger partial charge in [0.2, 0.25) is 5.91 Å². The largest absolute Gasteiger partial charge is 0.354 e. The molecular weight excluding hydrogens is 314 g/mol. The van der Waals surface area contributed by atoms with Gasteiger partial charge in [-0.05, 0) is 24.6 Å². The van der Waals surface area contributed by atoms with Crippen LogP contribution in [0, 0.1) is 18.6 Å². The van der Waals surface area contributed by atoms with Gasteiger partial charge < -0.3 is 10.6 Å². The maximum Gasteiger partial charge on any atom is 0.254 e. The third-order valence-corrected chi connectivity index (χ3v) is 3.36. The molecule has 0 atom stereocenters. The van der Waals surface area contributed by atoms with Crippen LogP contribution in [0.25, 0.3) is 0 Å². The van der Waals surface area contributed by atoms with Crippen molar-refractivity contribution in [1.82, 2.24) is 10.6 Å². The van der Waals surface area contributed by atoms with Gasteiger partial charge in [-0.1, -0.05) is 29.8 Å². The fourth-order valence-corrected chi connectivity index (χ4v) is 2.22. The van der Waals surface area contributed by atoms with Crippen molar-refractivity contribution in [1.29, 1.82) is 0 Å². The van der Waals surface area contributed by atoms with Crippen molar-refractivity contribution in [3.05, 3.63) is 70.8 Å². The number of hydrogen-bond acceptors (Lipinski definition) is 2. The first-order valence-electron chi connectivity index (χ1n) is 7.51. The number of hydrogen-bond donors (Lipinski definition) is 2. The highest BCUT2D eigenvalue weighted by molar-refractivity contribution is 5.94. The molecule has 0 aliphatic carbocycles. The highest BCUT2D eigenvalue weighted by Crippen LogP contribution is 2.09. The zero-order valence-electron chi connectivity index (χ0n) is 13.2. The predicted octanol–water partition coefficient (Wildman–Crippen LogP) is 2.36. The van der Waals surface area contributed by atoms with Gasteiger partial charge >= 0.3 is 0 Å². The highest BCUT2D eigenvalue weighted by atomic mass is 19.1. The molecule has 2 aromatic carbocycles. The Labute approximate surface area is 138 Å². The zero-order valence-corrected chi connectivity index (χ0v) is 13.2. The van der Waals surface area contributed by atoms with Crippen LogP contribution in [0.15, 0.2) is 42.5 Å². The Kier molecular flexibility index (Phi) is 6.01. The summed E-state index contributed by atoms with van der Waals surface area (Å²) in [6, 6.07) is 10.4. The molecule has 0 fully saturated rings. The van der Waals surface area contributed by atoms with Crippen LogP contribution in [0.2, 0.25) is 0 Å². The van der Waals surface area contributed by atoms with E-state index < -0.39 is 17.5 Å². The first-order chi connectivity index (χ1) is 11.5. The maximum absolute atomic E-state index is 13.4. The van der Waals surface area contributed by atoms with Gasteiger partial charge in [-0.15, -0.1) is 0 Å². The van der Waals surface area contributed by atoms with Crippen molar-refractivity contribution in [2.75, 3.05) is 13.1 Å². The smallest absolute Gasteiger partial charge is 0.254 e. The van der Waals surface area contributed by atoms with Crippen LogP contribution < -0.4 is 10.6 Å². The fourth-order valence-electron chi connectivity index (χ4n) is 2.22. The van der Waals surface area contributed by atoms with Gasteiger partial charge in [-0.2, -0.15) is 0 Å². The maximum atomic E-state index is 13.4. The second-order valence-corrected chi connectivity index (χ2v) is 5.40. The number of rotatable bonds is 6. The number of benzene rings is 2. The molecule has 4 nitrogen and oxygen atoms in total. The molecule has 0 bridgehead atoms. The van der Waals surface area contributed by atoms with Crippen LogP contribution >= 0.6 is 0 Å². The Morgan fingerprint density at radius 2 is 1.75 bits per heavy atom. The second-order valence-electron chi connectivity index (χ2n) is 5.40. The van der Waals surface area contributed by atoms with Crippen molar-refractivity contribution in [2.24, 2.45) is 0 Å². The Hall–Kier alpha value is -2.76. The standard InChI is InChI=1S/C18H18F2N2O2/c1-12-3-2-4-13(9-12)10-17(23)21-7-8-22-18(24)15-6-5-14(19)11-16(15)20/h2-6,9,11H,7-8,10H2,1H3,(H,21,23)(H,22,24). The summed E-state index contributed by atoms with van der Waals surface area (Å²) in [5, 5.41) is 5.15. The van der Waals surface area contributed by atoms with Crippen molar-refractivity contribution in [3.63, 3.8) is 0 Å². The van der Waals surface area contributed by atoms with Crippen LogP contribution in [-0.4, -0.2) is 24.9 Å². The van der Waals surface area contributed by atoms with Crippen LogP contribution in [0.1, 0.15) is 21.5 Å². The van der Waals surface area contributed by atoms with Crippen molar-refractivity contribution >= 4 is 11.8 Å². The fraction of sp³-hybridized carbons (Fsp3) is 0.222. The summed E-state index contributed by atoms with van der Waals surface area (Å²) < 4.78 is 26.2. The molecule has 126 valence electrons. The molecule has 0 unspecified atom stereocenters. The third kappa shape index (κ3) is 5.15. The molecule has 6 heteroatoms. The number of aryl methyl sites for hydroxylation is 1. The van der Waals surface area contributed by atoms with E-state index in [0.717, 1.165) is 23.3 Å². The van der Waals surface area contributed by atoms with Gasteiger partial charge in [0.25, 0.3) is 5.91 Å². The van der Waals surface area contributed by atoms with E-state index in [1.54, 1.807) is 0 Å². The molecule has 0 saturated heterocycles. The van der Waals surface area contributed by atoms with Gasteiger partial charge in [0.05, 0.1) is 12.0 Å². The predicted molar refractivity (Wildman–Crippen MR) is 86.6 cm³/mol. The van der Waals surface area contributed by atoms with E-state index in [1.165, 1.54) is 0 Å². The lowest BCUT2D eigenvalue weighted by Gasteiger charge is -2.08. The topological polar surface area (TPSA) is 58.2 Å². The number of carbonyl (C=O) groups is 2. The van der Waals surface area contributed by atoms with Gasteiger partial charge in [0.1, 0.15) is 11.6 Å². The van der Waals surface area contributed by atoms with Gasteiger partial charge in [0, 0.05) is 19.2 Å². The molecule has 0 spiro atoms. The van der Waals surface area contributed by atoms with Crippen molar-refractivity contribution in [2.45, 2.75) is 13.3 Å². The summed E-state index contributed by atoms with van der Waals surface area (Å²) in [5.41, 5.74) is 1.75. The summed E-state index contributed by atoms with van der Waals surface area (Å²) in [7, 11) is 0. The molecule has 0 aliphatic heterocycles. The number of carbonyl (C=O) groups excluding carboxylic acids is 2. The number of nitrogens with one attached hydrogen (secondary N) is 2.